The van der Waals surface area contributed by atoms with E-state index in [-0.39, 0.29) is 40.7 Å². The van der Waals surface area contributed by atoms with Gasteiger partial charge in [-0.3, -0.25) is 14.9 Å². The molecule has 3 N–H and O–H groups in total. The Morgan fingerprint density at radius 2 is 1.74 bits per heavy atom. The second-order valence-corrected chi connectivity index (χ2v) is 11.8. The highest BCUT2D eigenvalue weighted by Gasteiger charge is 2.66. The van der Waals surface area contributed by atoms with Crippen LogP contribution in [0.15, 0.2) is 66.7 Å². The fourth-order valence-corrected chi connectivity index (χ4v) is 7.36. The fraction of sp³-hybridized carbons (Fsp3) is 0.355. The molecule has 2 fully saturated rings. The van der Waals surface area contributed by atoms with Gasteiger partial charge in [-0.05, 0) is 66.5 Å². The molecule has 1 saturated carbocycles. The van der Waals surface area contributed by atoms with Crippen LogP contribution < -0.4 is 10.6 Å². The molecule has 0 bridgehead atoms. The summed E-state index contributed by atoms with van der Waals surface area (Å²) < 4.78 is 15.9. The van der Waals surface area contributed by atoms with E-state index in [4.69, 9.17) is 23.2 Å². The van der Waals surface area contributed by atoms with E-state index in [0.29, 0.717) is 29.1 Å². The molecule has 1 saturated heterocycles. The summed E-state index contributed by atoms with van der Waals surface area (Å²) in [4.78, 5) is 28.4. The van der Waals surface area contributed by atoms with Crippen LogP contribution in [-0.4, -0.2) is 28.9 Å². The first-order valence-corrected chi connectivity index (χ1v) is 14.1. The van der Waals surface area contributed by atoms with Crippen LogP contribution in [0.4, 0.5) is 10.1 Å². The van der Waals surface area contributed by atoms with Gasteiger partial charge >= 0.3 is 0 Å². The summed E-state index contributed by atoms with van der Waals surface area (Å²) in [5.41, 5.74) is 0.925. The minimum atomic E-state index is -1.34. The first-order chi connectivity index (χ1) is 18.8. The number of ketones is 1. The number of amides is 1. The molecule has 3 aromatic rings. The number of nitrogens with one attached hydrogen (secondary N) is 2. The number of hydrogen-bond donors (Lipinski definition) is 3. The zero-order valence-electron chi connectivity index (χ0n) is 21.2. The predicted octanol–water partition coefficient (Wildman–Crippen LogP) is 6.33. The maximum atomic E-state index is 15.9. The van der Waals surface area contributed by atoms with Gasteiger partial charge in [0.25, 0.3) is 0 Å². The first kappa shape index (κ1) is 26.5. The van der Waals surface area contributed by atoms with Crippen LogP contribution in [-0.2, 0) is 15.0 Å². The van der Waals surface area contributed by atoms with E-state index in [9.17, 15) is 14.7 Å². The van der Waals surface area contributed by atoms with Crippen LogP contribution in [0.1, 0.15) is 60.8 Å². The Kier molecular flexibility index (Phi) is 7.00. The summed E-state index contributed by atoms with van der Waals surface area (Å²) >= 11 is 12.6. The SMILES string of the molecule is O=C(CC1CCC(O)CC1)C1NC(c2ccccc2)C2(C(=O)Nc3cc(Cl)ccc32)C1c1cccc(Cl)c1F. The van der Waals surface area contributed by atoms with Crippen molar-refractivity contribution in [1.29, 1.82) is 0 Å². The lowest BCUT2D eigenvalue weighted by Crippen LogP contribution is -2.44. The second kappa shape index (κ2) is 10.3. The van der Waals surface area contributed by atoms with Gasteiger partial charge in [0.15, 0.2) is 5.78 Å². The molecule has 1 aliphatic carbocycles. The van der Waals surface area contributed by atoms with Gasteiger partial charge in [-0.25, -0.2) is 4.39 Å². The van der Waals surface area contributed by atoms with Crippen molar-refractivity contribution in [3.8, 4) is 0 Å². The number of halogens is 3. The molecular weight excluding hydrogens is 538 g/mol. The lowest BCUT2D eigenvalue weighted by atomic mass is 9.63. The van der Waals surface area contributed by atoms with Crippen LogP contribution in [0.3, 0.4) is 0 Å². The lowest BCUT2D eigenvalue weighted by molar-refractivity contribution is -0.123. The molecule has 2 heterocycles. The quantitative estimate of drug-likeness (QED) is 0.337. The Balaban J connectivity index is 1.54. The van der Waals surface area contributed by atoms with E-state index in [1.54, 1.807) is 30.3 Å². The normalized spacial score (nSPS) is 29.8. The summed E-state index contributed by atoms with van der Waals surface area (Å²) in [5, 5.41) is 16.9. The van der Waals surface area contributed by atoms with Gasteiger partial charge < -0.3 is 10.4 Å². The number of aliphatic hydroxyl groups excluding tert-OH is 1. The zero-order valence-corrected chi connectivity index (χ0v) is 22.7. The van der Waals surface area contributed by atoms with Gasteiger partial charge in [0.05, 0.1) is 23.2 Å². The molecule has 8 heteroatoms. The molecule has 2 aliphatic heterocycles. The van der Waals surface area contributed by atoms with Crippen LogP contribution in [0.5, 0.6) is 0 Å². The highest BCUT2D eigenvalue weighted by Crippen LogP contribution is 2.60. The molecule has 5 nitrogen and oxygen atoms in total. The number of carbonyl (C=O) groups is 2. The largest absolute Gasteiger partial charge is 0.393 e. The minimum absolute atomic E-state index is 0.0620. The van der Waals surface area contributed by atoms with Crippen LogP contribution in [0.2, 0.25) is 10.0 Å². The average molecular weight is 567 g/mol. The van der Waals surface area contributed by atoms with Crippen molar-refractivity contribution in [3.05, 3.63) is 99.3 Å². The van der Waals surface area contributed by atoms with Gasteiger partial charge in [0.2, 0.25) is 5.91 Å². The highest BCUT2D eigenvalue weighted by atomic mass is 35.5. The van der Waals surface area contributed by atoms with Crippen molar-refractivity contribution in [2.45, 2.75) is 61.6 Å². The molecule has 4 unspecified atom stereocenters. The Labute approximate surface area is 236 Å². The number of aliphatic hydroxyl groups is 1. The Morgan fingerprint density at radius 3 is 2.49 bits per heavy atom. The third-order valence-corrected chi connectivity index (χ3v) is 9.31. The number of fused-ring (bicyclic) bond motifs is 2. The first-order valence-electron chi connectivity index (χ1n) is 13.4. The second-order valence-electron chi connectivity index (χ2n) is 11.0. The van der Waals surface area contributed by atoms with Crippen LogP contribution >= 0.6 is 23.2 Å². The fourth-order valence-electron chi connectivity index (χ4n) is 7.00. The van der Waals surface area contributed by atoms with E-state index in [1.165, 1.54) is 6.07 Å². The van der Waals surface area contributed by atoms with Crippen LogP contribution in [0, 0.1) is 11.7 Å². The van der Waals surface area contributed by atoms with E-state index < -0.39 is 29.2 Å². The van der Waals surface area contributed by atoms with E-state index in [1.807, 2.05) is 30.3 Å². The van der Waals surface area contributed by atoms with Gasteiger partial charge in [0.1, 0.15) is 11.2 Å². The molecule has 0 radical (unpaired) electrons. The molecule has 1 amide bonds. The number of carbonyl (C=O) groups excluding carboxylic acids is 2. The standard InChI is InChI=1S/C31H29Cl2FN2O3/c32-19-11-14-22-24(16-19)35-30(39)31(22)26(21-7-4-8-23(33)27(21)34)28(36-29(31)18-5-2-1-3-6-18)25(38)15-17-9-12-20(37)13-10-17/h1-8,11,14,16-17,20,26,28-29,36-37H,9-10,12-13,15H2,(H,35,39). The van der Waals surface area contributed by atoms with Crippen molar-refractivity contribution in [1.82, 2.24) is 5.32 Å². The summed E-state index contributed by atoms with van der Waals surface area (Å²) in [5.74, 6) is -1.77. The van der Waals surface area contributed by atoms with Gasteiger partial charge in [-0.2, -0.15) is 0 Å². The van der Waals surface area contributed by atoms with E-state index >= 15 is 4.39 Å². The summed E-state index contributed by atoms with van der Waals surface area (Å²) in [6.07, 6.45) is 2.79. The average Bonchev–Trinajstić information content (AvgIpc) is 3.42. The molecule has 3 aliphatic rings. The van der Waals surface area contributed by atoms with E-state index in [0.717, 1.165) is 18.4 Å². The molecule has 0 aromatic heterocycles. The zero-order chi connectivity index (χ0) is 27.3. The highest BCUT2D eigenvalue weighted by molar-refractivity contribution is 6.31. The van der Waals surface area contributed by atoms with Gasteiger partial charge in [0, 0.05) is 23.0 Å². The molecule has 1 spiro atoms. The van der Waals surface area contributed by atoms with Crippen molar-refractivity contribution < 1.29 is 19.1 Å². The third kappa shape index (κ3) is 4.38. The Morgan fingerprint density at radius 1 is 1.00 bits per heavy atom. The molecular formula is C31H29Cl2FN2O3. The smallest absolute Gasteiger partial charge is 0.237 e. The minimum Gasteiger partial charge on any atom is -0.393 e. The number of benzene rings is 3. The summed E-state index contributed by atoms with van der Waals surface area (Å²) in [6.45, 7) is 0. The number of anilines is 1. The molecule has 39 heavy (non-hydrogen) atoms. The molecule has 4 atom stereocenters. The lowest BCUT2D eigenvalue weighted by Gasteiger charge is -2.36. The molecule has 202 valence electrons. The van der Waals surface area contributed by atoms with Crippen molar-refractivity contribution in [2.75, 3.05) is 5.32 Å². The third-order valence-electron chi connectivity index (χ3n) is 8.78. The number of Topliss-reactive ketones (excluding diaryl/α,β-unsaturated/α-hetero) is 1. The van der Waals surface area contributed by atoms with Crippen molar-refractivity contribution >= 4 is 40.6 Å². The summed E-state index contributed by atoms with van der Waals surface area (Å²) in [7, 11) is 0. The summed E-state index contributed by atoms with van der Waals surface area (Å²) in [6, 6.07) is 18.0. The maximum absolute atomic E-state index is 15.9. The maximum Gasteiger partial charge on any atom is 0.237 e. The Hall–Kier alpha value is -2.77. The Bertz CT molecular complexity index is 1430. The predicted molar refractivity (Wildman–Crippen MR) is 150 cm³/mol. The van der Waals surface area contributed by atoms with E-state index in [2.05, 4.69) is 10.6 Å². The van der Waals surface area contributed by atoms with Crippen molar-refractivity contribution in [3.63, 3.8) is 0 Å². The molecule has 3 aromatic carbocycles. The van der Waals surface area contributed by atoms with Crippen molar-refractivity contribution in [2.24, 2.45) is 5.92 Å². The van der Waals surface area contributed by atoms with Gasteiger partial charge in [-0.15, -0.1) is 0 Å². The van der Waals surface area contributed by atoms with Gasteiger partial charge in [-0.1, -0.05) is 71.7 Å². The molecule has 6 rings (SSSR count). The van der Waals surface area contributed by atoms with Crippen LogP contribution in [0.25, 0.3) is 0 Å². The monoisotopic (exact) mass is 566 g/mol. The number of hydrogen-bond acceptors (Lipinski definition) is 4. The topological polar surface area (TPSA) is 78.4 Å². The number of rotatable bonds is 5.